The second kappa shape index (κ2) is 16.4. The zero-order valence-electron chi connectivity index (χ0n) is 29.9. The number of anilines is 1. The van der Waals surface area contributed by atoms with Crippen molar-refractivity contribution in [2.45, 2.75) is 83.2 Å². The molecule has 2 aromatic rings. The average molecular weight is 728 g/mol. The van der Waals surface area contributed by atoms with Gasteiger partial charge in [0.15, 0.2) is 0 Å². The Morgan fingerprint density at radius 2 is 1.86 bits per heavy atom. The van der Waals surface area contributed by atoms with E-state index in [-0.39, 0.29) is 5.92 Å². The van der Waals surface area contributed by atoms with Crippen molar-refractivity contribution in [1.82, 2.24) is 9.62 Å². The molecule has 2 fully saturated rings. The van der Waals surface area contributed by atoms with Crippen molar-refractivity contribution in [2.75, 3.05) is 57.4 Å². The highest BCUT2D eigenvalue weighted by atomic mass is 35.5. The van der Waals surface area contributed by atoms with Crippen molar-refractivity contribution in [3.8, 4) is 5.75 Å². The van der Waals surface area contributed by atoms with Gasteiger partial charge in [-0.25, -0.2) is 13.1 Å². The summed E-state index contributed by atoms with van der Waals surface area (Å²) in [7, 11) is -3.94. The monoisotopic (exact) mass is 727 g/mol. The number of hydrogen-bond donors (Lipinski definition) is 1. The molecule has 0 aromatic heterocycles. The van der Waals surface area contributed by atoms with Gasteiger partial charge in [-0.05, 0) is 111 Å². The van der Waals surface area contributed by atoms with Crippen molar-refractivity contribution in [3.05, 3.63) is 70.3 Å². The first-order valence-electron chi connectivity index (χ1n) is 18.6. The first-order valence-corrected chi connectivity index (χ1v) is 20.5. The number of carbonyl (C=O) groups excluding carboxylic acids is 1. The van der Waals surface area contributed by atoms with Gasteiger partial charge in [-0.3, -0.25) is 9.69 Å². The van der Waals surface area contributed by atoms with Gasteiger partial charge in [-0.2, -0.15) is 0 Å². The van der Waals surface area contributed by atoms with Gasteiger partial charge in [-0.15, -0.1) is 0 Å². The van der Waals surface area contributed by atoms with Gasteiger partial charge in [0.1, 0.15) is 12.4 Å². The Morgan fingerprint density at radius 3 is 2.62 bits per heavy atom. The molecule has 1 saturated carbocycles. The molecule has 9 nitrogen and oxygen atoms in total. The Hall–Kier alpha value is -2.63. The first-order chi connectivity index (χ1) is 24.1. The molecule has 1 amide bonds. The van der Waals surface area contributed by atoms with Crippen LogP contribution in [0.3, 0.4) is 0 Å². The zero-order valence-corrected chi connectivity index (χ0v) is 31.4. The number of nitrogens with zero attached hydrogens (tertiary/aromatic N) is 2. The topological polar surface area (TPSA) is 97.4 Å². The summed E-state index contributed by atoms with van der Waals surface area (Å²) in [5.74, 6) is 0.523. The SMILES string of the molecule is CC[C@]1(OCCN2CCOCC2)/C=C/C[C@H](C)[C@@H](C)S(=O)(=O)NC(=O)c2ccc3c(c2)N(CCCCc2cc(Cl)ccc2CO3)C[C@@H]2CC[C@H]21. The maximum Gasteiger partial charge on any atom is 0.264 e. The van der Waals surface area contributed by atoms with Crippen LogP contribution in [0, 0.1) is 17.8 Å². The molecule has 1 saturated heterocycles. The van der Waals surface area contributed by atoms with E-state index in [0.29, 0.717) is 42.8 Å². The molecule has 11 heteroatoms. The van der Waals surface area contributed by atoms with Crippen LogP contribution in [0.5, 0.6) is 5.75 Å². The van der Waals surface area contributed by atoms with E-state index in [9.17, 15) is 13.2 Å². The van der Waals surface area contributed by atoms with Crippen molar-refractivity contribution >= 4 is 33.2 Å². The van der Waals surface area contributed by atoms with Crippen molar-refractivity contribution in [1.29, 1.82) is 0 Å². The maximum atomic E-state index is 13.6. The zero-order chi connectivity index (χ0) is 35.3. The Bertz CT molecular complexity index is 1630. The van der Waals surface area contributed by atoms with E-state index in [0.717, 1.165) is 101 Å². The highest BCUT2D eigenvalue weighted by molar-refractivity contribution is 7.90. The third-order valence-electron chi connectivity index (χ3n) is 11.6. The van der Waals surface area contributed by atoms with Gasteiger partial charge < -0.3 is 19.1 Å². The molecule has 5 atom stereocenters. The number of nitrogens with one attached hydrogen (secondary N) is 1. The maximum absolute atomic E-state index is 13.6. The van der Waals surface area contributed by atoms with Crippen molar-refractivity contribution in [2.24, 2.45) is 17.8 Å². The molecule has 274 valence electrons. The summed E-state index contributed by atoms with van der Waals surface area (Å²) in [6.45, 7) is 12.6. The fraction of sp³-hybridized carbons (Fsp3) is 0.615. The second-order valence-corrected chi connectivity index (χ2v) is 17.1. The molecule has 0 spiro atoms. The van der Waals surface area contributed by atoms with E-state index in [1.54, 1.807) is 13.0 Å². The fourth-order valence-electron chi connectivity index (χ4n) is 8.00. The normalized spacial score (nSPS) is 30.0. The Kier molecular flexibility index (Phi) is 12.2. The lowest BCUT2D eigenvalue weighted by Gasteiger charge is -2.50. The van der Waals surface area contributed by atoms with Crippen LogP contribution < -0.4 is 14.4 Å². The third-order valence-corrected chi connectivity index (χ3v) is 13.8. The second-order valence-electron chi connectivity index (χ2n) is 14.6. The molecule has 4 aliphatic rings. The third kappa shape index (κ3) is 8.52. The van der Waals surface area contributed by atoms with E-state index in [1.807, 2.05) is 37.3 Å². The predicted octanol–water partition coefficient (Wildman–Crippen LogP) is 6.63. The highest BCUT2D eigenvalue weighted by Gasteiger charge is 2.47. The number of benzene rings is 2. The van der Waals surface area contributed by atoms with Gasteiger partial charge in [0, 0.05) is 43.3 Å². The minimum Gasteiger partial charge on any atom is -0.487 e. The van der Waals surface area contributed by atoms with Crippen LogP contribution >= 0.6 is 11.6 Å². The summed E-state index contributed by atoms with van der Waals surface area (Å²) in [6.07, 6.45) is 10.8. The molecule has 6 rings (SSSR count). The quantitative estimate of drug-likeness (QED) is 0.343. The average Bonchev–Trinajstić information content (AvgIpc) is 3.12. The summed E-state index contributed by atoms with van der Waals surface area (Å²) >= 11 is 6.39. The summed E-state index contributed by atoms with van der Waals surface area (Å²) in [5.41, 5.74) is 2.94. The van der Waals surface area contributed by atoms with Crippen LogP contribution in [0.4, 0.5) is 5.69 Å². The lowest BCUT2D eigenvalue weighted by atomic mass is 9.63. The molecule has 1 N–H and O–H groups in total. The fourth-order valence-corrected chi connectivity index (χ4v) is 9.48. The van der Waals surface area contributed by atoms with Crippen molar-refractivity contribution in [3.63, 3.8) is 0 Å². The molecular formula is C39H54ClN3O6S. The number of fused-ring (bicyclic) bond motifs is 3. The molecule has 2 aromatic carbocycles. The lowest BCUT2D eigenvalue weighted by molar-refractivity contribution is -0.107. The minimum atomic E-state index is -3.94. The predicted molar refractivity (Wildman–Crippen MR) is 199 cm³/mol. The minimum absolute atomic E-state index is 0.210. The summed E-state index contributed by atoms with van der Waals surface area (Å²) in [6, 6.07) is 11.3. The summed E-state index contributed by atoms with van der Waals surface area (Å²) < 4.78 is 48.5. The largest absolute Gasteiger partial charge is 0.487 e. The summed E-state index contributed by atoms with van der Waals surface area (Å²) in [4.78, 5) is 18.3. The number of amides is 1. The lowest BCUT2D eigenvalue weighted by Crippen LogP contribution is -2.52. The van der Waals surface area contributed by atoms with E-state index >= 15 is 0 Å². The number of sulfonamides is 1. The smallest absolute Gasteiger partial charge is 0.264 e. The summed E-state index contributed by atoms with van der Waals surface area (Å²) in [5, 5.41) is -0.0527. The number of halogens is 1. The van der Waals surface area contributed by atoms with Crippen LogP contribution in [0.2, 0.25) is 5.02 Å². The molecule has 50 heavy (non-hydrogen) atoms. The first kappa shape index (κ1) is 37.1. The highest BCUT2D eigenvalue weighted by Crippen LogP contribution is 2.48. The van der Waals surface area contributed by atoms with Gasteiger partial charge in [-0.1, -0.05) is 43.7 Å². The van der Waals surface area contributed by atoms with Gasteiger partial charge in [0.25, 0.3) is 5.91 Å². The van der Waals surface area contributed by atoms with Gasteiger partial charge in [0.2, 0.25) is 10.0 Å². The van der Waals surface area contributed by atoms with Gasteiger partial charge >= 0.3 is 0 Å². The van der Waals surface area contributed by atoms with Crippen LogP contribution in [0.1, 0.15) is 80.8 Å². The number of allylic oxidation sites excluding steroid dienone is 1. The van der Waals surface area contributed by atoms with Crippen molar-refractivity contribution < 1.29 is 27.4 Å². The number of carbonyl (C=O) groups is 1. The standard InChI is InChI=1S/C39H54ClN3O6S/c1-4-39(49-23-20-42-18-21-47-22-19-42)16-7-8-28(2)29(3)50(45,46)41-38(44)31-12-15-37-36(25-31)43(26-32-11-14-35(32)39)17-6-5-9-30-24-34(40)13-10-33(30)27-48-37/h7,10,12-13,15-16,24-25,28-29,32,35H,4-6,8-9,11,14,17-23,26-27H2,1-3H3,(H,41,44)/b16-7+/t28-,29+,32-,35+,39-/m0/s1. The molecule has 0 radical (unpaired) electrons. The van der Waals surface area contributed by atoms with E-state index in [4.69, 9.17) is 25.8 Å². The number of morpholine rings is 1. The van der Waals surface area contributed by atoms with Crippen LogP contribution in [-0.4, -0.2) is 82.6 Å². The van der Waals surface area contributed by atoms with Gasteiger partial charge in [0.05, 0.1) is 36.4 Å². The number of hydrogen-bond acceptors (Lipinski definition) is 8. The molecule has 3 aliphatic heterocycles. The molecular weight excluding hydrogens is 674 g/mol. The van der Waals surface area contributed by atoms with Crippen LogP contribution in [0.15, 0.2) is 48.6 Å². The molecule has 1 aliphatic carbocycles. The van der Waals surface area contributed by atoms with E-state index in [2.05, 4.69) is 33.6 Å². The number of aryl methyl sites for hydroxylation is 1. The Morgan fingerprint density at radius 1 is 1.04 bits per heavy atom. The van der Waals surface area contributed by atoms with Crippen LogP contribution in [0.25, 0.3) is 0 Å². The molecule has 2 bridgehead atoms. The number of ether oxygens (including phenoxy) is 3. The Labute approximate surface area is 303 Å². The molecule has 0 unspecified atom stereocenters. The van der Waals surface area contributed by atoms with E-state index in [1.165, 1.54) is 5.56 Å². The van der Waals surface area contributed by atoms with Crippen LogP contribution in [-0.2, 0) is 32.5 Å². The molecule has 3 heterocycles. The number of rotatable bonds is 5. The Balaban J connectivity index is 1.36. The van der Waals surface area contributed by atoms with E-state index < -0.39 is 26.8 Å².